The third kappa shape index (κ3) is 4.92. The van der Waals surface area contributed by atoms with E-state index in [9.17, 15) is 9.59 Å². The Balaban J connectivity index is 1.83. The van der Waals surface area contributed by atoms with Crippen molar-refractivity contribution >= 4 is 11.8 Å². The zero-order chi connectivity index (χ0) is 17.5. The first-order chi connectivity index (χ1) is 11.5. The van der Waals surface area contributed by atoms with E-state index in [0.717, 1.165) is 5.56 Å². The quantitative estimate of drug-likeness (QED) is 0.795. The summed E-state index contributed by atoms with van der Waals surface area (Å²) in [6.07, 6.45) is 0. The molecule has 0 fully saturated rings. The van der Waals surface area contributed by atoms with E-state index in [0.29, 0.717) is 12.3 Å². The Morgan fingerprint density at radius 1 is 1.21 bits per heavy atom. The molecule has 0 aliphatic carbocycles. The average molecular weight is 330 g/mol. The van der Waals surface area contributed by atoms with Gasteiger partial charge in [-0.15, -0.1) is 0 Å². The first-order valence-corrected chi connectivity index (χ1v) is 7.71. The number of nitrogens with one attached hydrogen (secondary N) is 2. The summed E-state index contributed by atoms with van der Waals surface area (Å²) in [7, 11) is 3.88. The molecule has 1 aromatic carbocycles. The van der Waals surface area contributed by atoms with Crippen molar-refractivity contribution in [1.29, 1.82) is 0 Å². The molecule has 0 bridgehead atoms. The maximum absolute atomic E-state index is 12.0. The lowest BCUT2D eigenvalue weighted by Gasteiger charge is -2.19. The van der Waals surface area contributed by atoms with Gasteiger partial charge >= 0.3 is 0 Å². The number of hydrogen-bond donors (Lipinski definition) is 2. The number of carbonyl (C=O) groups is 2. The largest absolute Gasteiger partial charge is 0.355 e. The van der Waals surface area contributed by atoms with E-state index in [2.05, 4.69) is 15.8 Å². The van der Waals surface area contributed by atoms with Gasteiger partial charge in [0.2, 0.25) is 5.91 Å². The van der Waals surface area contributed by atoms with Crippen LogP contribution < -0.4 is 10.6 Å². The van der Waals surface area contributed by atoms with Gasteiger partial charge < -0.3 is 20.1 Å². The van der Waals surface area contributed by atoms with E-state index in [4.69, 9.17) is 4.52 Å². The highest BCUT2D eigenvalue weighted by molar-refractivity contribution is 5.95. The summed E-state index contributed by atoms with van der Waals surface area (Å²) in [6.45, 7) is 2.41. The summed E-state index contributed by atoms with van der Waals surface area (Å²) < 4.78 is 5.17. The van der Waals surface area contributed by atoms with Crippen LogP contribution in [0.1, 0.15) is 17.4 Å². The summed E-state index contributed by atoms with van der Waals surface area (Å²) in [5.41, 5.74) is 0.975. The molecule has 0 saturated carbocycles. The van der Waals surface area contributed by atoms with Crippen LogP contribution in [0.4, 0.5) is 0 Å². The molecule has 0 unspecified atom stereocenters. The molecular weight excluding hydrogens is 308 g/mol. The molecular formula is C17H22N4O3. The zero-order valence-electron chi connectivity index (χ0n) is 14.1. The van der Waals surface area contributed by atoms with Crippen molar-refractivity contribution < 1.29 is 14.1 Å². The molecule has 24 heavy (non-hydrogen) atoms. The first-order valence-electron chi connectivity index (χ1n) is 7.71. The molecule has 1 aromatic heterocycles. The highest BCUT2D eigenvalue weighted by atomic mass is 16.5. The lowest BCUT2D eigenvalue weighted by Crippen LogP contribution is -2.42. The van der Waals surface area contributed by atoms with Gasteiger partial charge in [-0.2, -0.15) is 0 Å². The van der Waals surface area contributed by atoms with Crippen molar-refractivity contribution in [3.8, 4) is 11.3 Å². The van der Waals surface area contributed by atoms with Crippen molar-refractivity contribution in [2.45, 2.75) is 13.0 Å². The molecule has 2 rings (SSSR count). The van der Waals surface area contributed by atoms with E-state index in [-0.39, 0.29) is 24.2 Å². The minimum atomic E-state index is -0.447. The monoisotopic (exact) mass is 330 g/mol. The molecule has 1 heterocycles. The van der Waals surface area contributed by atoms with Crippen molar-refractivity contribution in [1.82, 2.24) is 20.7 Å². The molecule has 1 atom stereocenters. The average Bonchev–Trinajstić information content (AvgIpc) is 3.08. The van der Waals surface area contributed by atoms with Crippen molar-refractivity contribution in [3.63, 3.8) is 0 Å². The Bertz CT molecular complexity index is 682. The lowest BCUT2D eigenvalue weighted by molar-refractivity contribution is -0.120. The van der Waals surface area contributed by atoms with E-state index >= 15 is 0 Å². The van der Waals surface area contributed by atoms with Gasteiger partial charge in [-0.1, -0.05) is 35.5 Å². The molecule has 2 aromatic rings. The minimum Gasteiger partial charge on any atom is -0.355 e. The molecule has 7 nitrogen and oxygen atoms in total. The Morgan fingerprint density at radius 2 is 1.92 bits per heavy atom. The fraction of sp³-hybridized carbons (Fsp3) is 0.353. The topological polar surface area (TPSA) is 87.5 Å². The van der Waals surface area contributed by atoms with Crippen molar-refractivity contribution in [3.05, 3.63) is 42.1 Å². The third-order valence-corrected chi connectivity index (χ3v) is 3.69. The van der Waals surface area contributed by atoms with Crippen LogP contribution in [0, 0.1) is 0 Å². The second-order valence-corrected chi connectivity index (χ2v) is 5.74. The molecule has 2 N–H and O–H groups in total. The van der Waals surface area contributed by atoms with Crippen LogP contribution in [0.3, 0.4) is 0 Å². The van der Waals surface area contributed by atoms with Gasteiger partial charge in [-0.25, -0.2) is 0 Å². The normalized spacial score (nSPS) is 12.0. The highest BCUT2D eigenvalue weighted by Crippen LogP contribution is 2.19. The predicted molar refractivity (Wildman–Crippen MR) is 90.4 cm³/mol. The van der Waals surface area contributed by atoms with Crippen LogP contribution in [-0.4, -0.2) is 55.1 Å². The number of rotatable bonds is 7. The predicted octanol–water partition coefficient (Wildman–Crippen LogP) is 1.14. The summed E-state index contributed by atoms with van der Waals surface area (Å²) >= 11 is 0. The smallest absolute Gasteiger partial charge is 0.273 e. The summed E-state index contributed by atoms with van der Waals surface area (Å²) in [6, 6.07) is 11.1. The standard InChI is InChI=1S/C17H22N4O3/c1-12(21(2)3)10-18-16(22)11-19-17(23)14-9-15(24-20-14)13-7-5-4-6-8-13/h4-9,12H,10-11H2,1-3H3,(H,18,22)(H,19,23)/t12-/m0/s1. The fourth-order valence-corrected chi connectivity index (χ4v) is 1.88. The number of likely N-dealkylation sites (N-methyl/N-ethyl adjacent to an activating group) is 1. The molecule has 7 heteroatoms. The van der Waals surface area contributed by atoms with E-state index in [1.165, 1.54) is 0 Å². The molecule has 0 aliphatic heterocycles. The second kappa shape index (κ2) is 8.26. The van der Waals surface area contributed by atoms with Crippen LogP contribution in [0.25, 0.3) is 11.3 Å². The lowest BCUT2D eigenvalue weighted by atomic mass is 10.1. The first kappa shape index (κ1) is 17.7. The van der Waals surface area contributed by atoms with Crippen LogP contribution in [0.15, 0.2) is 40.9 Å². The fourth-order valence-electron chi connectivity index (χ4n) is 1.88. The van der Waals surface area contributed by atoms with Gasteiger partial charge in [0.05, 0.1) is 6.54 Å². The molecule has 0 spiro atoms. The van der Waals surface area contributed by atoms with Crippen LogP contribution in [-0.2, 0) is 4.79 Å². The van der Waals surface area contributed by atoms with Gasteiger partial charge in [0, 0.05) is 24.2 Å². The number of aromatic nitrogens is 1. The third-order valence-electron chi connectivity index (χ3n) is 3.69. The van der Waals surface area contributed by atoms with E-state index in [1.807, 2.05) is 56.3 Å². The Morgan fingerprint density at radius 3 is 2.58 bits per heavy atom. The minimum absolute atomic E-state index is 0.105. The number of hydrogen-bond acceptors (Lipinski definition) is 5. The van der Waals surface area contributed by atoms with Gasteiger partial charge in [0.25, 0.3) is 5.91 Å². The van der Waals surface area contributed by atoms with E-state index in [1.54, 1.807) is 6.07 Å². The maximum Gasteiger partial charge on any atom is 0.273 e. The van der Waals surface area contributed by atoms with Crippen molar-refractivity contribution in [2.24, 2.45) is 0 Å². The van der Waals surface area contributed by atoms with E-state index < -0.39 is 5.91 Å². The number of carbonyl (C=O) groups excluding carboxylic acids is 2. The number of benzene rings is 1. The summed E-state index contributed by atoms with van der Waals surface area (Å²) in [5, 5.41) is 9.03. The number of amides is 2. The van der Waals surface area contributed by atoms with Crippen LogP contribution in [0.2, 0.25) is 0 Å². The molecule has 0 saturated heterocycles. The summed E-state index contributed by atoms with van der Waals surface area (Å²) in [4.78, 5) is 25.8. The Kier molecular flexibility index (Phi) is 6.08. The maximum atomic E-state index is 12.0. The molecule has 2 amide bonds. The van der Waals surface area contributed by atoms with Gasteiger partial charge in [-0.05, 0) is 21.0 Å². The second-order valence-electron chi connectivity index (χ2n) is 5.74. The SMILES string of the molecule is C[C@@H](CNC(=O)CNC(=O)c1cc(-c2ccccc2)on1)N(C)C. The Labute approximate surface area is 141 Å². The molecule has 0 radical (unpaired) electrons. The van der Waals surface area contributed by atoms with Gasteiger partial charge in [-0.3, -0.25) is 9.59 Å². The van der Waals surface area contributed by atoms with Gasteiger partial charge in [0.15, 0.2) is 11.5 Å². The van der Waals surface area contributed by atoms with Crippen LogP contribution >= 0.6 is 0 Å². The molecule has 128 valence electrons. The number of nitrogens with zero attached hydrogens (tertiary/aromatic N) is 2. The highest BCUT2D eigenvalue weighted by Gasteiger charge is 2.15. The summed E-state index contributed by atoms with van der Waals surface area (Å²) in [5.74, 6) is -0.189. The van der Waals surface area contributed by atoms with Crippen molar-refractivity contribution in [2.75, 3.05) is 27.2 Å². The van der Waals surface area contributed by atoms with Gasteiger partial charge in [0.1, 0.15) is 0 Å². The van der Waals surface area contributed by atoms with Crippen LogP contribution in [0.5, 0.6) is 0 Å². The molecule has 0 aliphatic rings. The Hall–Kier alpha value is -2.67. The zero-order valence-corrected chi connectivity index (χ0v) is 14.1.